The molecule has 0 unspecified atom stereocenters. The summed E-state index contributed by atoms with van der Waals surface area (Å²) in [5.41, 5.74) is 2.83. The van der Waals surface area contributed by atoms with E-state index in [0.717, 1.165) is 35.4 Å². The number of nitrogens with one attached hydrogen (secondary N) is 1. The van der Waals surface area contributed by atoms with E-state index < -0.39 is 6.10 Å². The zero-order valence-electron chi connectivity index (χ0n) is 15.3. The third kappa shape index (κ3) is 4.35. The second-order valence-corrected chi connectivity index (χ2v) is 6.84. The average Bonchev–Trinajstić information content (AvgIpc) is 2.67. The van der Waals surface area contributed by atoms with Crippen LogP contribution in [0.1, 0.15) is 30.1 Å². The van der Waals surface area contributed by atoms with Crippen LogP contribution >= 0.6 is 0 Å². The first-order chi connectivity index (χ1) is 12.6. The van der Waals surface area contributed by atoms with Gasteiger partial charge in [-0.2, -0.15) is 0 Å². The van der Waals surface area contributed by atoms with Crippen LogP contribution in [0.2, 0.25) is 0 Å². The Hall–Kier alpha value is -2.53. The van der Waals surface area contributed by atoms with E-state index in [1.165, 1.54) is 0 Å². The van der Waals surface area contributed by atoms with Gasteiger partial charge in [-0.05, 0) is 61.1 Å². The number of amides is 2. The number of carbonyl (C=O) groups is 1. The van der Waals surface area contributed by atoms with Crippen molar-refractivity contribution in [1.29, 1.82) is 0 Å². The molecule has 1 aliphatic heterocycles. The molecule has 5 heteroatoms. The van der Waals surface area contributed by atoms with Crippen molar-refractivity contribution in [1.82, 2.24) is 4.90 Å². The number of benzene rings is 2. The second kappa shape index (κ2) is 8.23. The Morgan fingerprint density at radius 2 is 1.88 bits per heavy atom. The molecule has 1 saturated heterocycles. The van der Waals surface area contributed by atoms with E-state index in [2.05, 4.69) is 5.32 Å². The fourth-order valence-electron chi connectivity index (χ4n) is 3.42. The molecule has 5 nitrogen and oxygen atoms in total. The molecule has 2 aromatic rings. The maximum absolute atomic E-state index is 12.4. The smallest absolute Gasteiger partial charge is 0.321 e. The van der Waals surface area contributed by atoms with E-state index in [4.69, 9.17) is 4.74 Å². The van der Waals surface area contributed by atoms with Crippen LogP contribution in [0.4, 0.5) is 10.5 Å². The monoisotopic (exact) mass is 354 g/mol. The van der Waals surface area contributed by atoms with Crippen LogP contribution in [-0.2, 0) is 0 Å². The summed E-state index contributed by atoms with van der Waals surface area (Å²) in [6.45, 7) is 3.30. The van der Waals surface area contributed by atoms with Gasteiger partial charge in [0.05, 0.1) is 13.2 Å². The number of carbonyl (C=O) groups excluding carboxylic acids is 1. The lowest BCUT2D eigenvalue weighted by molar-refractivity contribution is 0.0683. The number of methoxy groups -OCH3 is 1. The number of aryl methyl sites for hydroxylation is 1. The third-order valence-electron chi connectivity index (χ3n) is 5.00. The lowest BCUT2D eigenvalue weighted by Gasteiger charge is -2.34. The number of ether oxygens (including phenoxy) is 1. The molecule has 1 fully saturated rings. The van der Waals surface area contributed by atoms with Crippen LogP contribution < -0.4 is 10.1 Å². The Morgan fingerprint density at radius 1 is 1.19 bits per heavy atom. The van der Waals surface area contributed by atoms with Gasteiger partial charge in [0.2, 0.25) is 0 Å². The number of anilines is 1. The predicted molar refractivity (Wildman–Crippen MR) is 102 cm³/mol. The maximum atomic E-state index is 12.4. The Balaban J connectivity index is 1.53. The molecule has 1 heterocycles. The molecular weight excluding hydrogens is 328 g/mol. The van der Waals surface area contributed by atoms with E-state index >= 15 is 0 Å². The Morgan fingerprint density at radius 3 is 2.50 bits per heavy atom. The number of aliphatic hydroxyl groups excluding tert-OH is 1. The number of hydrogen-bond acceptors (Lipinski definition) is 3. The lowest BCUT2D eigenvalue weighted by atomic mass is 9.87. The Kier molecular flexibility index (Phi) is 5.78. The summed E-state index contributed by atoms with van der Waals surface area (Å²) in [6, 6.07) is 15.2. The quantitative estimate of drug-likeness (QED) is 0.873. The largest absolute Gasteiger partial charge is 0.497 e. The van der Waals surface area contributed by atoms with E-state index in [1.807, 2.05) is 60.4 Å². The number of aliphatic hydroxyl groups is 1. The summed E-state index contributed by atoms with van der Waals surface area (Å²) in [4.78, 5) is 14.3. The molecule has 0 saturated carbocycles. The molecule has 1 aliphatic rings. The molecule has 1 atom stereocenters. The summed E-state index contributed by atoms with van der Waals surface area (Å²) < 4.78 is 5.16. The van der Waals surface area contributed by atoms with Crippen molar-refractivity contribution in [2.75, 3.05) is 25.5 Å². The number of likely N-dealkylation sites (tertiary alicyclic amines) is 1. The zero-order chi connectivity index (χ0) is 18.5. The van der Waals surface area contributed by atoms with Crippen LogP contribution in [0.15, 0.2) is 48.5 Å². The van der Waals surface area contributed by atoms with Crippen LogP contribution in [-0.4, -0.2) is 36.2 Å². The van der Waals surface area contributed by atoms with Crippen molar-refractivity contribution in [2.45, 2.75) is 25.9 Å². The molecule has 2 N–H and O–H groups in total. The molecule has 0 aromatic heterocycles. The van der Waals surface area contributed by atoms with Gasteiger partial charge in [-0.15, -0.1) is 0 Å². The summed E-state index contributed by atoms with van der Waals surface area (Å²) in [5.74, 6) is 0.940. The molecule has 26 heavy (non-hydrogen) atoms. The van der Waals surface area contributed by atoms with Crippen molar-refractivity contribution >= 4 is 11.7 Å². The molecular formula is C21H26N2O3. The van der Waals surface area contributed by atoms with E-state index in [1.54, 1.807) is 7.11 Å². The van der Waals surface area contributed by atoms with E-state index in [0.29, 0.717) is 13.1 Å². The van der Waals surface area contributed by atoms with Gasteiger partial charge in [-0.3, -0.25) is 0 Å². The van der Waals surface area contributed by atoms with Crippen molar-refractivity contribution in [2.24, 2.45) is 5.92 Å². The second-order valence-electron chi connectivity index (χ2n) is 6.84. The van der Waals surface area contributed by atoms with E-state index in [-0.39, 0.29) is 11.9 Å². The number of nitrogens with zero attached hydrogens (tertiary/aromatic N) is 1. The van der Waals surface area contributed by atoms with Gasteiger partial charge in [-0.1, -0.05) is 24.3 Å². The van der Waals surface area contributed by atoms with Gasteiger partial charge >= 0.3 is 6.03 Å². The molecule has 0 spiro atoms. The van der Waals surface area contributed by atoms with Gasteiger partial charge in [0.25, 0.3) is 0 Å². The molecule has 2 amide bonds. The molecule has 0 radical (unpaired) electrons. The highest BCUT2D eigenvalue weighted by molar-refractivity contribution is 5.89. The Labute approximate surface area is 154 Å². The van der Waals surface area contributed by atoms with Gasteiger partial charge in [-0.25, -0.2) is 4.79 Å². The van der Waals surface area contributed by atoms with Crippen molar-refractivity contribution in [3.63, 3.8) is 0 Å². The van der Waals surface area contributed by atoms with Gasteiger partial charge in [0, 0.05) is 18.8 Å². The number of rotatable bonds is 4. The first kappa shape index (κ1) is 18.3. The molecule has 138 valence electrons. The summed E-state index contributed by atoms with van der Waals surface area (Å²) in [5, 5.41) is 13.6. The lowest BCUT2D eigenvalue weighted by Crippen LogP contribution is -2.42. The van der Waals surface area contributed by atoms with Gasteiger partial charge in [0.1, 0.15) is 5.75 Å². The minimum atomic E-state index is -0.511. The average molecular weight is 354 g/mol. The van der Waals surface area contributed by atoms with Crippen molar-refractivity contribution in [3.8, 4) is 5.75 Å². The fraction of sp³-hybridized carbons (Fsp3) is 0.381. The topological polar surface area (TPSA) is 61.8 Å². The third-order valence-corrected chi connectivity index (χ3v) is 5.00. The van der Waals surface area contributed by atoms with Crippen LogP contribution in [0, 0.1) is 12.8 Å². The standard InChI is InChI=1S/C21H26N2O3/c1-15-4-3-5-18(14-15)22-21(25)23-12-10-17(11-13-23)20(24)16-6-8-19(26-2)9-7-16/h3-9,14,17,20,24H,10-13H2,1-2H3,(H,22,25)/t20-/m1/s1. The maximum Gasteiger partial charge on any atom is 0.321 e. The van der Waals surface area contributed by atoms with Crippen LogP contribution in [0.25, 0.3) is 0 Å². The normalized spacial score (nSPS) is 16.2. The summed E-state index contributed by atoms with van der Waals surface area (Å²) in [6.07, 6.45) is 1.06. The van der Waals surface area contributed by atoms with Crippen LogP contribution in [0.5, 0.6) is 5.75 Å². The molecule has 3 rings (SSSR count). The minimum absolute atomic E-state index is 0.0759. The number of hydrogen-bond donors (Lipinski definition) is 2. The highest BCUT2D eigenvalue weighted by Crippen LogP contribution is 2.31. The minimum Gasteiger partial charge on any atom is -0.497 e. The molecule has 0 bridgehead atoms. The number of piperidine rings is 1. The first-order valence-corrected chi connectivity index (χ1v) is 9.01. The highest BCUT2D eigenvalue weighted by Gasteiger charge is 2.28. The predicted octanol–water partition coefficient (Wildman–Crippen LogP) is 3.98. The van der Waals surface area contributed by atoms with Gasteiger partial charge in [0.15, 0.2) is 0 Å². The fourth-order valence-corrected chi connectivity index (χ4v) is 3.42. The summed E-state index contributed by atoms with van der Waals surface area (Å²) in [7, 11) is 1.63. The summed E-state index contributed by atoms with van der Waals surface area (Å²) >= 11 is 0. The first-order valence-electron chi connectivity index (χ1n) is 9.01. The molecule has 0 aliphatic carbocycles. The molecule has 2 aromatic carbocycles. The van der Waals surface area contributed by atoms with Gasteiger partial charge < -0.3 is 20.1 Å². The highest BCUT2D eigenvalue weighted by atomic mass is 16.5. The Bertz CT molecular complexity index is 737. The van der Waals surface area contributed by atoms with Crippen molar-refractivity contribution in [3.05, 3.63) is 59.7 Å². The van der Waals surface area contributed by atoms with E-state index in [9.17, 15) is 9.90 Å². The van der Waals surface area contributed by atoms with Crippen LogP contribution in [0.3, 0.4) is 0 Å². The van der Waals surface area contributed by atoms with Crippen molar-refractivity contribution < 1.29 is 14.6 Å². The zero-order valence-corrected chi connectivity index (χ0v) is 15.3. The number of urea groups is 1. The SMILES string of the molecule is COc1ccc([C@@H](O)C2CCN(C(=O)Nc3cccc(C)c3)CC2)cc1.